The summed E-state index contributed by atoms with van der Waals surface area (Å²) in [5.74, 6) is 0. The summed E-state index contributed by atoms with van der Waals surface area (Å²) in [6.07, 6.45) is 0.845. The minimum absolute atomic E-state index is 0.305. The molecule has 2 aromatic rings. The average molecular weight is 324 g/mol. The first kappa shape index (κ1) is 16.2. The lowest BCUT2D eigenvalue weighted by molar-refractivity contribution is 0.469. The molecule has 0 aliphatic heterocycles. The zero-order valence-corrected chi connectivity index (χ0v) is 13.9. The summed E-state index contributed by atoms with van der Waals surface area (Å²) in [6, 6.07) is 9.07. The first-order valence-corrected chi connectivity index (χ1v) is 9.11. The lowest BCUT2D eigenvalue weighted by atomic mass is 10.1. The van der Waals surface area contributed by atoms with Crippen LogP contribution in [0.3, 0.4) is 0 Å². The van der Waals surface area contributed by atoms with Crippen LogP contribution in [0.2, 0.25) is 0 Å². The topological polar surface area (TPSA) is 63.4 Å². The molecule has 21 heavy (non-hydrogen) atoms. The molecule has 1 aromatic carbocycles. The smallest absolute Gasteiger partial charge is 0.243 e. The van der Waals surface area contributed by atoms with E-state index < -0.39 is 10.0 Å². The molecule has 0 bridgehead atoms. The van der Waals surface area contributed by atoms with Gasteiger partial charge in [0.25, 0.3) is 0 Å². The van der Waals surface area contributed by atoms with E-state index in [1.807, 2.05) is 30.5 Å². The summed E-state index contributed by atoms with van der Waals surface area (Å²) in [7, 11) is -1.89. The van der Waals surface area contributed by atoms with Crippen molar-refractivity contribution in [3.05, 3.63) is 51.7 Å². The predicted molar refractivity (Wildman–Crippen MR) is 86.7 cm³/mol. The lowest BCUT2D eigenvalue weighted by Gasteiger charge is -2.17. The molecule has 6 heteroatoms. The molecule has 0 spiro atoms. The Bertz CT molecular complexity index is 694. The van der Waals surface area contributed by atoms with Gasteiger partial charge in [0.1, 0.15) is 0 Å². The number of hydrogen-bond acceptors (Lipinski definition) is 4. The van der Waals surface area contributed by atoms with E-state index in [-0.39, 0.29) is 0 Å². The van der Waals surface area contributed by atoms with Gasteiger partial charge in [-0.2, -0.15) is 4.31 Å². The van der Waals surface area contributed by atoms with Crippen LogP contribution in [0.5, 0.6) is 0 Å². The number of thiophene rings is 1. The zero-order chi connectivity index (χ0) is 15.5. The van der Waals surface area contributed by atoms with Crippen LogP contribution in [-0.4, -0.2) is 19.8 Å². The van der Waals surface area contributed by atoms with Crippen molar-refractivity contribution >= 4 is 21.4 Å². The van der Waals surface area contributed by atoms with Crippen molar-refractivity contribution in [2.45, 2.75) is 31.3 Å². The molecule has 0 saturated heterocycles. The Hall–Kier alpha value is -1.21. The highest BCUT2D eigenvalue weighted by Gasteiger charge is 2.22. The molecule has 0 atom stereocenters. The summed E-state index contributed by atoms with van der Waals surface area (Å²) in [6.45, 7) is 2.76. The van der Waals surface area contributed by atoms with E-state index in [9.17, 15) is 8.42 Å². The molecular formula is C15H20N2O2S2. The Kier molecular flexibility index (Phi) is 5.16. The van der Waals surface area contributed by atoms with Crippen molar-refractivity contribution in [2.24, 2.45) is 5.73 Å². The quantitative estimate of drug-likeness (QED) is 0.888. The third-order valence-corrected chi connectivity index (χ3v) is 6.11. The number of sulfonamides is 1. The zero-order valence-electron chi connectivity index (χ0n) is 12.2. The van der Waals surface area contributed by atoms with E-state index in [2.05, 4.69) is 0 Å². The molecule has 0 fully saturated rings. The molecule has 2 N–H and O–H groups in total. The second kappa shape index (κ2) is 6.70. The minimum Gasteiger partial charge on any atom is -0.326 e. The third-order valence-electron chi connectivity index (χ3n) is 3.45. The predicted octanol–water partition coefficient (Wildman–Crippen LogP) is 2.59. The summed E-state index contributed by atoms with van der Waals surface area (Å²) in [4.78, 5) is 1.32. The van der Waals surface area contributed by atoms with Crippen LogP contribution in [0.1, 0.15) is 22.9 Å². The second-order valence-electron chi connectivity index (χ2n) is 4.83. The van der Waals surface area contributed by atoms with Gasteiger partial charge in [0.15, 0.2) is 0 Å². The maximum Gasteiger partial charge on any atom is 0.243 e. The Morgan fingerprint density at radius 3 is 2.57 bits per heavy atom. The van der Waals surface area contributed by atoms with Gasteiger partial charge in [0, 0.05) is 25.0 Å². The van der Waals surface area contributed by atoms with Gasteiger partial charge in [-0.25, -0.2) is 8.42 Å². The van der Waals surface area contributed by atoms with E-state index in [1.165, 1.54) is 4.31 Å². The van der Waals surface area contributed by atoms with E-state index in [0.717, 1.165) is 22.4 Å². The van der Waals surface area contributed by atoms with Crippen LogP contribution in [0, 0.1) is 0 Å². The summed E-state index contributed by atoms with van der Waals surface area (Å²) in [5, 5.41) is 1.94. The number of nitrogens with two attached hydrogens (primary N) is 1. The van der Waals surface area contributed by atoms with Gasteiger partial charge >= 0.3 is 0 Å². The van der Waals surface area contributed by atoms with Crippen molar-refractivity contribution in [1.29, 1.82) is 0 Å². The van der Waals surface area contributed by atoms with E-state index in [1.54, 1.807) is 30.5 Å². The highest BCUT2D eigenvalue weighted by atomic mass is 32.2. The van der Waals surface area contributed by atoms with Crippen LogP contribution in [0.15, 0.2) is 40.6 Å². The molecule has 0 saturated carbocycles. The van der Waals surface area contributed by atoms with Crippen LogP contribution in [-0.2, 0) is 29.5 Å². The SMILES string of the molecule is CCc1ccc(S(=O)(=O)N(C)Cc2cccs2)cc1CN. The molecule has 114 valence electrons. The lowest BCUT2D eigenvalue weighted by Crippen LogP contribution is -2.26. The van der Waals surface area contributed by atoms with E-state index >= 15 is 0 Å². The maximum atomic E-state index is 12.6. The van der Waals surface area contributed by atoms with Crippen molar-refractivity contribution in [3.8, 4) is 0 Å². The van der Waals surface area contributed by atoms with Crippen LogP contribution < -0.4 is 5.73 Å². The van der Waals surface area contributed by atoms with E-state index in [0.29, 0.717) is 18.0 Å². The molecule has 1 heterocycles. The van der Waals surface area contributed by atoms with Gasteiger partial charge in [0.05, 0.1) is 4.90 Å². The van der Waals surface area contributed by atoms with Gasteiger partial charge in [0.2, 0.25) is 10.0 Å². The number of benzene rings is 1. The second-order valence-corrected chi connectivity index (χ2v) is 7.91. The third kappa shape index (κ3) is 3.52. The first-order valence-electron chi connectivity index (χ1n) is 6.79. The Balaban J connectivity index is 2.30. The molecule has 0 unspecified atom stereocenters. The van der Waals surface area contributed by atoms with Crippen molar-refractivity contribution in [3.63, 3.8) is 0 Å². The van der Waals surface area contributed by atoms with E-state index in [4.69, 9.17) is 5.73 Å². The summed E-state index contributed by atoms with van der Waals surface area (Å²) in [5.41, 5.74) is 7.70. The van der Waals surface area contributed by atoms with Crippen LogP contribution >= 0.6 is 11.3 Å². The molecular weight excluding hydrogens is 304 g/mol. The largest absolute Gasteiger partial charge is 0.326 e. The van der Waals surface area contributed by atoms with Crippen LogP contribution in [0.4, 0.5) is 0 Å². The van der Waals surface area contributed by atoms with Crippen molar-refractivity contribution in [1.82, 2.24) is 4.31 Å². The number of hydrogen-bond donors (Lipinski definition) is 1. The number of rotatable bonds is 6. The van der Waals surface area contributed by atoms with Crippen molar-refractivity contribution in [2.75, 3.05) is 7.05 Å². The molecule has 0 aliphatic rings. The highest BCUT2D eigenvalue weighted by molar-refractivity contribution is 7.89. The fraction of sp³-hybridized carbons (Fsp3) is 0.333. The minimum atomic E-state index is -3.49. The number of nitrogens with zero attached hydrogens (tertiary/aromatic N) is 1. The Morgan fingerprint density at radius 1 is 1.24 bits per heavy atom. The standard InChI is InChI=1S/C15H20N2O2S2/c1-3-12-6-7-15(9-13(12)10-16)21(18,19)17(2)11-14-5-4-8-20-14/h4-9H,3,10-11,16H2,1-2H3. The first-order chi connectivity index (χ1) is 9.98. The Morgan fingerprint density at radius 2 is 2.00 bits per heavy atom. The van der Waals surface area contributed by atoms with Crippen LogP contribution in [0.25, 0.3) is 0 Å². The molecule has 0 amide bonds. The molecule has 1 aromatic heterocycles. The number of aryl methyl sites for hydroxylation is 1. The van der Waals surface area contributed by atoms with Gasteiger partial charge in [-0.05, 0) is 41.1 Å². The molecule has 0 radical (unpaired) electrons. The molecule has 2 rings (SSSR count). The monoisotopic (exact) mass is 324 g/mol. The van der Waals surface area contributed by atoms with Gasteiger partial charge < -0.3 is 5.73 Å². The van der Waals surface area contributed by atoms with Gasteiger partial charge in [-0.15, -0.1) is 11.3 Å². The fourth-order valence-corrected chi connectivity index (χ4v) is 4.22. The normalized spacial score (nSPS) is 12.0. The maximum absolute atomic E-state index is 12.6. The summed E-state index contributed by atoms with van der Waals surface area (Å²) < 4.78 is 26.6. The average Bonchev–Trinajstić information content (AvgIpc) is 2.99. The molecule has 0 aliphatic carbocycles. The highest BCUT2D eigenvalue weighted by Crippen LogP contribution is 2.21. The van der Waals surface area contributed by atoms with Crippen molar-refractivity contribution < 1.29 is 8.42 Å². The van der Waals surface area contributed by atoms with Gasteiger partial charge in [-0.3, -0.25) is 0 Å². The Labute approximate surface area is 130 Å². The molecule has 4 nitrogen and oxygen atoms in total. The summed E-state index contributed by atoms with van der Waals surface area (Å²) >= 11 is 1.55. The van der Waals surface area contributed by atoms with Gasteiger partial charge in [-0.1, -0.05) is 19.1 Å². The fourth-order valence-electron chi connectivity index (χ4n) is 2.18.